The number of nitrogens with one attached hydrogen (secondary N) is 1. The van der Waals surface area contributed by atoms with E-state index in [1.165, 1.54) is 12.1 Å². The maximum Gasteiger partial charge on any atom is 0.338 e. The van der Waals surface area contributed by atoms with Gasteiger partial charge < -0.3 is 19.7 Å². The average Bonchev–Trinajstić information content (AvgIpc) is 3.31. The van der Waals surface area contributed by atoms with Gasteiger partial charge in [0.1, 0.15) is 16.8 Å². The lowest BCUT2D eigenvalue weighted by Crippen LogP contribution is -2.49. The van der Waals surface area contributed by atoms with Crippen LogP contribution >= 0.6 is 11.7 Å². The summed E-state index contributed by atoms with van der Waals surface area (Å²) in [7, 11) is 0. The fourth-order valence-electron chi connectivity index (χ4n) is 4.13. The van der Waals surface area contributed by atoms with Crippen molar-refractivity contribution >= 4 is 46.2 Å². The van der Waals surface area contributed by atoms with Crippen molar-refractivity contribution in [1.29, 1.82) is 0 Å². The first-order chi connectivity index (χ1) is 16.4. The van der Waals surface area contributed by atoms with Crippen molar-refractivity contribution in [3.63, 3.8) is 0 Å². The van der Waals surface area contributed by atoms with E-state index in [0.29, 0.717) is 22.5 Å². The van der Waals surface area contributed by atoms with Crippen LogP contribution in [-0.2, 0) is 14.3 Å². The Morgan fingerprint density at radius 2 is 1.76 bits per heavy atom. The van der Waals surface area contributed by atoms with Crippen molar-refractivity contribution in [3.05, 3.63) is 48.0 Å². The van der Waals surface area contributed by atoms with Gasteiger partial charge in [0.2, 0.25) is 0 Å². The Morgan fingerprint density at radius 1 is 1.03 bits per heavy atom. The van der Waals surface area contributed by atoms with E-state index in [4.69, 9.17) is 9.47 Å². The Balaban J connectivity index is 1.25. The molecule has 1 N–H and O–H groups in total. The third kappa shape index (κ3) is 5.51. The largest absolute Gasteiger partial charge is 0.484 e. The third-order valence-corrected chi connectivity index (χ3v) is 6.37. The summed E-state index contributed by atoms with van der Waals surface area (Å²) in [5, 5.41) is 2.68. The zero-order valence-corrected chi connectivity index (χ0v) is 19.8. The maximum absolute atomic E-state index is 12.6. The molecule has 2 unspecified atom stereocenters. The predicted octanol–water partition coefficient (Wildman–Crippen LogP) is 3.66. The SMILES string of the molecule is CC1CCCC(C)N1C(=O)COc1ccc(C(=O)OCC(=O)Nc2cccc3nsnc23)cc1. The highest BCUT2D eigenvalue weighted by Crippen LogP contribution is 2.23. The number of hydrogen-bond donors (Lipinski definition) is 1. The number of carbonyl (C=O) groups excluding carboxylic acids is 3. The van der Waals surface area contributed by atoms with Gasteiger partial charge in [-0.3, -0.25) is 9.59 Å². The summed E-state index contributed by atoms with van der Waals surface area (Å²) in [4.78, 5) is 39.0. The van der Waals surface area contributed by atoms with Gasteiger partial charge in [-0.1, -0.05) is 6.07 Å². The van der Waals surface area contributed by atoms with Crippen LogP contribution in [0.1, 0.15) is 43.5 Å². The van der Waals surface area contributed by atoms with Gasteiger partial charge in [-0.25, -0.2) is 4.79 Å². The minimum atomic E-state index is -0.637. The van der Waals surface area contributed by atoms with E-state index in [0.717, 1.165) is 31.0 Å². The third-order valence-electron chi connectivity index (χ3n) is 5.83. The fraction of sp³-hybridized carbons (Fsp3) is 0.375. The Hall–Kier alpha value is -3.53. The lowest BCUT2D eigenvalue weighted by Gasteiger charge is -2.38. The average molecular weight is 483 g/mol. The van der Waals surface area contributed by atoms with Gasteiger partial charge >= 0.3 is 5.97 Å². The number of esters is 1. The zero-order chi connectivity index (χ0) is 24.1. The number of carbonyl (C=O) groups is 3. The number of amides is 2. The molecule has 1 saturated heterocycles. The van der Waals surface area contributed by atoms with Crippen LogP contribution in [-0.4, -0.2) is 56.7 Å². The number of ether oxygens (including phenoxy) is 2. The van der Waals surface area contributed by atoms with E-state index in [9.17, 15) is 14.4 Å². The van der Waals surface area contributed by atoms with Crippen molar-refractivity contribution in [1.82, 2.24) is 13.6 Å². The molecule has 0 aliphatic carbocycles. The highest BCUT2D eigenvalue weighted by Gasteiger charge is 2.29. The smallest absolute Gasteiger partial charge is 0.338 e. The molecule has 34 heavy (non-hydrogen) atoms. The molecule has 2 amide bonds. The van der Waals surface area contributed by atoms with Crippen LogP contribution in [0.2, 0.25) is 0 Å². The van der Waals surface area contributed by atoms with Crippen molar-refractivity contribution in [2.45, 2.75) is 45.2 Å². The first kappa shape index (κ1) is 23.6. The number of rotatable bonds is 7. The minimum Gasteiger partial charge on any atom is -0.484 e. The molecule has 0 spiro atoms. The molecule has 0 saturated carbocycles. The molecule has 0 bridgehead atoms. The van der Waals surface area contributed by atoms with Gasteiger partial charge in [0.25, 0.3) is 11.8 Å². The fourth-order valence-corrected chi connectivity index (χ4v) is 4.68. The normalized spacial score (nSPS) is 17.9. The molecule has 178 valence electrons. The number of likely N-dealkylation sites (tertiary alicyclic amines) is 1. The van der Waals surface area contributed by atoms with Crippen molar-refractivity contribution < 1.29 is 23.9 Å². The standard InChI is InChI=1S/C24H26N4O5S/c1-15-5-3-6-16(2)28(15)22(30)14-32-18-11-9-17(10-12-18)24(31)33-13-21(29)25-19-7-4-8-20-23(19)27-34-26-20/h4,7-12,15-16H,3,5-6,13-14H2,1-2H3,(H,25,29). The number of piperidine rings is 1. The summed E-state index contributed by atoms with van der Waals surface area (Å²) in [6.07, 6.45) is 3.14. The van der Waals surface area contributed by atoms with E-state index >= 15 is 0 Å². The quantitative estimate of drug-likeness (QED) is 0.512. The summed E-state index contributed by atoms with van der Waals surface area (Å²) in [6, 6.07) is 12.0. The topological polar surface area (TPSA) is 111 Å². The van der Waals surface area contributed by atoms with Crippen LogP contribution < -0.4 is 10.1 Å². The molecular formula is C24H26N4O5S. The molecule has 1 aliphatic heterocycles. The molecule has 9 nitrogen and oxygen atoms in total. The van der Waals surface area contributed by atoms with Crippen molar-refractivity contribution in [3.8, 4) is 5.75 Å². The second kappa shape index (κ2) is 10.6. The Bertz CT molecular complexity index is 1170. The molecule has 1 aliphatic rings. The molecule has 2 aromatic carbocycles. The molecule has 2 heterocycles. The summed E-state index contributed by atoms with van der Waals surface area (Å²) < 4.78 is 19.0. The summed E-state index contributed by atoms with van der Waals surface area (Å²) >= 11 is 1.05. The lowest BCUT2D eigenvalue weighted by atomic mass is 9.97. The molecule has 2 atom stereocenters. The second-order valence-electron chi connectivity index (χ2n) is 8.30. The Morgan fingerprint density at radius 3 is 2.50 bits per heavy atom. The van der Waals surface area contributed by atoms with E-state index in [1.807, 2.05) is 4.90 Å². The summed E-state index contributed by atoms with van der Waals surface area (Å²) in [5.74, 6) is -0.681. The number of benzene rings is 2. The first-order valence-corrected chi connectivity index (χ1v) is 11.9. The van der Waals surface area contributed by atoms with Gasteiger partial charge in [0, 0.05) is 12.1 Å². The van der Waals surface area contributed by atoms with Crippen LogP contribution in [0, 0.1) is 0 Å². The second-order valence-corrected chi connectivity index (χ2v) is 8.83. The van der Waals surface area contributed by atoms with Crippen molar-refractivity contribution in [2.24, 2.45) is 0 Å². The van der Waals surface area contributed by atoms with Crippen LogP contribution in [0.25, 0.3) is 11.0 Å². The van der Waals surface area contributed by atoms with E-state index in [1.54, 1.807) is 30.3 Å². The van der Waals surface area contributed by atoms with Gasteiger partial charge in [-0.2, -0.15) is 8.75 Å². The number of aromatic nitrogens is 2. The molecule has 10 heteroatoms. The van der Waals surface area contributed by atoms with E-state index < -0.39 is 18.5 Å². The van der Waals surface area contributed by atoms with Crippen LogP contribution in [0.3, 0.4) is 0 Å². The van der Waals surface area contributed by atoms with Crippen LogP contribution in [0.5, 0.6) is 5.75 Å². The maximum atomic E-state index is 12.6. The molecule has 3 aromatic rings. The molecule has 0 radical (unpaired) electrons. The van der Waals surface area contributed by atoms with E-state index in [-0.39, 0.29) is 30.2 Å². The summed E-state index contributed by atoms with van der Waals surface area (Å²) in [6.45, 7) is 3.63. The van der Waals surface area contributed by atoms with Gasteiger partial charge in [-0.15, -0.1) is 0 Å². The predicted molar refractivity (Wildman–Crippen MR) is 128 cm³/mol. The molecule has 1 aromatic heterocycles. The van der Waals surface area contributed by atoms with Crippen molar-refractivity contribution in [2.75, 3.05) is 18.5 Å². The van der Waals surface area contributed by atoms with Crippen LogP contribution in [0.15, 0.2) is 42.5 Å². The Labute approximate surface area is 201 Å². The summed E-state index contributed by atoms with van der Waals surface area (Å²) in [5.41, 5.74) is 2.06. The number of hydrogen-bond acceptors (Lipinski definition) is 8. The van der Waals surface area contributed by atoms with Gasteiger partial charge in [-0.05, 0) is 69.5 Å². The highest BCUT2D eigenvalue weighted by atomic mass is 32.1. The minimum absolute atomic E-state index is 0.0432. The first-order valence-electron chi connectivity index (χ1n) is 11.1. The number of nitrogens with zero attached hydrogens (tertiary/aromatic N) is 3. The number of fused-ring (bicyclic) bond motifs is 1. The zero-order valence-electron chi connectivity index (χ0n) is 19.0. The van der Waals surface area contributed by atoms with Gasteiger partial charge in [0.05, 0.1) is 23.0 Å². The highest BCUT2D eigenvalue weighted by molar-refractivity contribution is 7.00. The monoisotopic (exact) mass is 482 g/mol. The van der Waals surface area contributed by atoms with Gasteiger partial charge in [0.15, 0.2) is 13.2 Å². The number of anilines is 1. The lowest BCUT2D eigenvalue weighted by molar-refractivity contribution is -0.139. The Kier molecular flexibility index (Phi) is 7.36. The van der Waals surface area contributed by atoms with E-state index in [2.05, 4.69) is 27.9 Å². The molecule has 4 rings (SSSR count). The molecular weight excluding hydrogens is 456 g/mol. The van der Waals surface area contributed by atoms with Crippen LogP contribution in [0.4, 0.5) is 5.69 Å². The molecule has 1 fully saturated rings.